The van der Waals surface area contributed by atoms with Gasteiger partial charge in [0.25, 0.3) is 0 Å². The summed E-state index contributed by atoms with van der Waals surface area (Å²) in [6.07, 6.45) is 2.74. The molecule has 1 unspecified atom stereocenters. The highest BCUT2D eigenvalue weighted by molar-refractivity contribution is 9.10. The van der Waals surface area contributed by atoms with Gasteiger partial charge in [-0.3, -0.25) is 0 Å². The van der Waals surface area contributed by atoms with E-state index in [0.717, 1.165) is 15.4 Å². The molecule has 106 valence electrons. The third-order valence-corrected chi connectivity index (χ3v) is 4.17. The van der Waals surface area contributed by atoms with Crippen LogP contribution in [0, 0.1) is 0 Å². The molecule has 1 rings (SSSR count). The van der Waals surface area contributed by atoms with Crippen molar-refractivity contribution >= 4 is 32.0 Å². The smallest absolute Gasteiger partial charge is 0.233 e. The van der Waals surface area contributed by atoms with Gasteiger partial charge in [0.05, 0.1) is 0 Å². The lowest BCUT2D eigenvalue weighted by Gasteiger charge is -2.11. The maximum Gasteiger partial charge on any atom is 0.233 e. The van der Waals surface area contributed by atoms with E-state index in [-0.39, 0.29) is 12.6 Å². The second-order valence-electron chi connectivity index (χ2n) is 4.29. The summed E-state index contributed by atoms with van der Waals surface area (Å²) in [5, 5.41) is 9.85. The van der Waals surface area contributed by atoms with E-state index in [1.807, 2.05) is 24.3 Å². The summed E-state index contributed by atoms with van der Waals surface area (Å²) < 4.78 is 27.0. The molecule has 0 fully saturated rings. The molecule has 1 aromatic carbocycles. The Morgan fingerprint density at radius 2 is 2.21 bits per heavy atom. The SMILES string of the molecule is CC(CCCO)NS(=O)(=O)/C=C/c1cccc(Br)c1. The standard InChI is InChI=1S/C13H18BrNO3S/c1-11(4-3-8-16)15-19(17,18)9-7-12-5-2-6-13(14)10-12/h2,5-7,9-11,15-16H,3-4,8H2,1H3/b9-7+. The van der Waals surface area contributed by atoms with Gasteiger partial charge in [-0.25, -0.2) is 13.1 Å². The van der Waals surface area contributed by atoms with E-state index in [4.69, 9.17) is 5.11 Å². The number of hydrogen-bond acceptors (Lipinski definition) is 3. The highest BCUT2D eigenvalue weighted by Gasteiger charge is 2.10. The summed E-state index contributed by atoms with van der Waals surface area (Å²) in [6, 6.07) is 7.19. The van der Waals surface area contributed by atoms with E-state index in [9.17, 15) is 8.42 Å². The van der Waals surface area contributed by atoms with Gasteiger partial charge in [-0.15, -0.1) is 0 Å². The summed E-state index contributed by atoms with van der Waals surface area (Å²) in [5.74, 6) is 0. The number of aliphatic hydroxyl groups excluding tert-OH is 1. The van der Waals surface area contributed by atoms with Crippen molar-refractivity contribution in [2.24, 2.45) is 0 Å². The second kappa shape index (κ2) is 7.79. The average molecular weight is 348 g/mol. The molecule has 0 saturated heterocycles. The average Bonchev–Trinajstić information content (AvgIpc) is 2.34. The molecule has 2 N–H and O–H groups in total. The Labute approximate surface area is 122 Å². The van der Waals surface area contributed by atoms with Crippen LogP contribution in [0.1, 0.15) is 25.3 Å². The quantitative estimate of drug-likeness (QED) is 0.796. The molecule has 19 heavy (non-hydrogen) atoms. The number of aliphatic hydroxyl groups is 1. The highest BCUT2D eigenvalue weighted by atomic mass is 79.9. The van der Waals surface area contributed by atoms with E-state index in [2.05, 4.69) is 20.7 Å². The topological polar surface area (TPSA) is 66.4 Å². The van der Waals surface area contributed by atoms with Crippen molar-refractivity contribution in [2.45, 2.75) is 25.8 Å². The van der Waals surface area contributed by atoms with Gasteiger partial charge in [-0.1, -0.05) is 28.1 Å². The van der Waals surface area contributed by atoms with Gasteiger partial charge in [-0.05, 0) is 43.5 Å². The summed E-state index contributed by atoms with van der Waals surface area (Å²) in [6.45, 7) is 1.85. The van der Waals surface area contributed by atoms with E-state index in [1.165, 1.54) is 0 Å². The monoisotopic (exact) mass is 347 g/mol. The van der Waals surface area contributed by atoms with Crippen LogP contribution in [0.2, 0.25) is 0 Å². The van der Waals surface area contributed by atoms with Crippen LogP contribution in [-0.4, -0.2) is 26.2 Å². The molecule has 0 radical (unpaired) electrons. The van der Waals surface area contributed by atoms with Crippen LogP contribution in [-0.2, 0) is 10.0 Å². The van der Waals surface area contributed by atoms with E-state index in [1.54, 1.807) is 13.0 Å². The molecule has 0 amide bonds. The van der Waals surface area contributed by atoms with Crippen molar-refractivity contribution in [3.63, 3.8) is 0 Å². The molecule has 1 aromatic rings. The predicted octanol–water partition coefficient (Wildman–Crippen LogP) is 2.50. The lowest BCUT2D eigenvalue weighted by Crippen LogP contribution is -2.31. The fourth-order valence-electron chi connectivity index (χ4n) is 1.55. The normalized spacial score (nSPS) is 13.8. The maximum absolute atomic E-state index is 11.8. The summed E-state index contributed by atoms with van der Waals surface area (Å²) in [4.78, 5) is 0. The van der Waals surface area contributed by atoms with Gasteiger partial charge >= 0.3 is 0 Å². The van der Waals surface area contributed by atoms with Crippen molar-refractivity contribution in [1.82, 2.24) is 4.72 Å². The van der Waals surface area contributed by atoms with E-state index >= 15 is 0 Å². The van der Waals surface area contributed by atoms with Gasteiger partial charge in [0.2, 0.25) is 10.0 Å². The lowest BCUT2D eigenvalue weighted by atomic mass is 10.2. The van der Waals surface area contributed by atoms with Gasteiger partial charge in [0.1, 0.15) is 0 Å². The number of benzene rings is 1. The largest absolute Gasteiger partial charge is 0.396 e. The zero-order chi connectivity index (χ0) is 14.3. The van der Waals surface area contributed by atoms with Gasteiger partial charge in [0, 0.05) is 22.5 Å². The molecule has 0 aromatic heterocycles. The highest BCUT2D eigenvalue weighted by Crippen LogP contribution is 2.13. The summed E-state index contributed by atoms with van der Waals surface area (Å²) in [5.41, 5.74) is 0.808. The molecule has 0 saturated carbocycles. The van der Waals surface area contributed by atoms with Crippen LogP contribution in [0.5, 0.6) is 0 Å². The summed E-state index contributed by atoms with van der Waals surface area (Å²) >= 11 is 3.33. The van der Waals surface area contributed by atoms with Crippen LogP contribution < -0.4 is 4.72 Å². The van der Waals surface area contributed by atoms with Gasteiger partial charge < -0.3 is 5.11 Å². The molecular weight excluding hydrogens is 330 g/mol. The third-order valence-electron chi connectivity index (χ3n) is 2.45. The number of rotatable bonds is 7. The number of sulfonamides is 1. The maximum atomic E-state index is 11.8. The molecule has 0 aliphatic carbocycles. The fourth-order valence-corrected chi connectivity index (χ4v) is 3.06. The van der Waals surface area contributed by atoms with Crippen LogP contribution >= 0.6 is 15.9 Å². The van der Waals surface area contributed by atoms with Crippen LogP contribution in [0.25, 0.3) is 6.08 Å². The van der Waals surface area contributed by atoms with Crippen molar-refractivity contribution in [3.05, 3.63) is 39.7 Å². The van der Waals surface area contributed by atoms with Crippen molar-refractivity contribution < 1.29 is 13.5 Å². The van der Waals surface area contributed by atoms with Gasteiger partial charge in [0.15, 0.2) is 0 Å². The van der Waals surface area contributed by atoms with Crippen LogP contribution in [0.15, 0.2) is 34.1 Å². The molecule has 4 nitrogen and oxygen atoms in total. The Kier molecular flexibility index (Phi) is 6.71. The molecule has 0 bridgehead atoms. The van der Waals surface area contributed by atoms with Crippen LogP contribution in [0.3, 0.4) is 0 Å². The minimum Gasteiger partial charge on any atom is -0.396 e. The first kappa shape index (κ1) is 16.4. The predicted molar refractivity (Wildman–Crippen MR) is 81.0 cm³/mol. The van der Waals surface area contributed by atoms with Crippen molar-refractivity contribution in [1.29, 1.82) is 0 Å². The Morgan fingerprint density at radius 3 is 2.84 bits per heavy atom. The second-order valence-corrected chi connectivity index (χ2v) is 6.80. The molecule has 6 heteroatoms. The van der Waals surface area contributed by atoms with Gasteiger partial charge in [-0.2, -0.15) is 0 Å². The van der Waals surface area contributed by atoms with Crippen molar-refractivity contribution in [2.75, 3.05) is 6.61 Å². The number of hydrogen-bond donors (Lipinski definition) is 2. The Hall–Kier alpha value is -0.690. The minimum absolute atomic E-state index is 0.0694. The minimum atomic E-state index is -3.45. The zero-order valence-corrected chi connectivity index (χ0v) is 13.1. The molecular formula is C13H18BrNO3S. The first-order valence-corrected chi connectivity index (χ1v) is 8.34. The molecule has 1 atom stereocenters. The van der Waals surface area contributed by atoms with Crippen LogP contribution in [0.4, 0.5) is 0 Å². The Balaban J connectivity index is 2.64. The molecule has 0 spiro atoms. The number of nitrogens with one attached hydrogen (secondary N) is 1. The van der Waals surface area contributed by atoms with Crippen molar-refractivity contribution in [3.8, 4) is 0 Å². The lowest BCUT2D eigenvalue weighted by molar-refractivity contribution is 0.279. The number of halogens is 1. The first-order chi connectivity index (χ1) is 8.93. The molecule has 0 aliphatic heterocycles. The third kappa shape index (κ3) is 6.87. The first-order valence-electron chi connectivity index (χ1n) is 6.00. The fraction of sp³-hybridized carbons (Fsp3) is 0.385. The van der Waals surface area contributed by atoms with E-state index < -0.39 is 10.0 Å². The molecule has 0 heterocycles. The van der Waals surface area contributed by atoms with E-state index in [0.29, 0.717) is 12.8 Å². The Bertz CT molecular complexity index is 528. The summed E-state index contributed by atoms with van der Waals surface area (Å²) in [7, 11) is -3.45. The molecule has 0 aliphatic rings. The Morgan fingerprint density at radius 1 is 1.47 bits per heavy atom. The zero-order valence-electron chi connectivity index (χ0n) is 10.7.